The van der Waals surface area contributed by atoms with E-state index in [2.05, 4.69) is 136 Å². The molecule has 344 valence electrons. The van der Waals surface area contributed by atoms with Crippen LogP contribution in [0.2, 0.25) is 0 Å². The zero-order chi connectivity index (χ0) is 44.6. The number of aromatic amines is 1. The number of hydrogen-bond acceptors (Lipinski definition) is 12. The number of aryl methyl sites for hydroxylation is 1. The topological polar surface area (TPSA) is 148 Å². The highest BCUT2D eigenvalue weighted by atomic mass is 79.9. The van der Waals surface area contributed by atoms with Gasteiger partial charge in [-0.3, -0.25) is 19.4 Å². The molecular formula is C50H61BrN8O6. The second-order valence-electron chi connectivity index (χ2n) is 16.9. The second-order valence-corrected chi connectivity index (χ2v) is 17.7. The summed E-state index contributed by atoms with van der Waals surface area (Å²) in [5, 5.41) is 12.8. The van der Waals surface area contributed by atoms with E-state index in [1.807, 2.05) is 0 Å². The van der Waals surface area contributed by atoms with Crippen LogP contribution in [-0.4, -0.2) is 112 Å². The van der Waals surface area contributed by atoms with E-state index in [4.69, 9.17) is 18.9 Å². The highest BCUT2D eigenvalue weighted by molar-refractivity contribution is 9.09. The molecule has 0 unspecified atom stereocenters. The third-order valence-corrected chi connectivity index (χ3v) is 12.7. The number of hydrogen-bond donors (Lipinski definition) is 3. The molecule has 6 heterocycles. The summed E-state index contributed by atoms with van der Waals surface area (Å²) in [6.45, 7) is 9.32. The Morgan fingerprint density at radius 3 is 1.63 bits per heavy atom. The van der Waals surface area contributed by atoms with Crippen molar-refractivity contribution in [3.05, 3.63) is 142 Å². The Morgan fingerprint density at radius 1 is 0.615 bits per heavy atom. The number of nitrogens with zero attached hydrogens (tertiary/aromatic N) is 5. The predicted molar refractivity (Wildman–Crippen MR) is 260 cm³/mol. The number of likely N-dealkylation sites (tertiary alicyclic amines) is 2. The van der Waals surface area contributed by atoms with E-state index in [1.165, 1.54) is 32.7 Å². The van der Waals surface area contributed by atoms with Gasteiger partial charge in [0.1, 0.15) is 0 Å². The molecule has 0 spiro atoms. The van der Waals surface area contributed by atoms with Crippen molar-refractivity contribution < 1.29 is 18.9 Å². The SMILES string of the molecule is BrCCC1OCCO1.O=c1[nH]ccnc1NC1CCN(Cc2ccc3ccccc3c2)CC1.O=c1c(NC2CCN(Cc3ccc4ccccc4c3)CC2)nccn1CCC1OCCO1. The molecule has 4 saturated heterocycles. The summed E-state index contributed by atoms with van der Waals surface area (Å²) in [4.78, 5) is 40.6. The molecule has 0 atom stereocenters. The van der Waals surface area contributed by atoms with Gasteiger partial charge in [0.25, 0.3) is 11.1 Å². The molecule has 4 aliphatic rings. The fraction of sp³-hybridized carbons (Fsp3) is 0.440. The van der Waals surface area contributed by atoms with Crippen LogP contribution in [0.15, 0.2) is 119 Å². The normalized spacial score (nSPS) is 18.0. The number of alkyl halides is 1. The summed E-state index contributed by atoms with van der Waals surface area (Å²) in [6.07, 6.45) is 12.1. The Balaban J connectivity index is 0.000000155. The zero-order valence-electron chi connectivity index (χ0n) is 37.0. The van der Waals surface area contributed by atoms with E-state index in [-0.39, 0.29) is 29.7 Å². The average Bonchev–Trinajstić information content (AvgIpc) is 4.07. The van der Waals surface area contributed by atoms with Crippen LogP contribution in [0.5, 0.6) is 0 Å². The first kappa shape index (κ1) is 46.5. The third-order valence-electron chi connectivity index (χ3n) is 12.3. The van der Waals surface area contributed by atoms with Crippen LogP contribution in [0.3, 0.4) is 0 Å². The van der Waals surface area contributed by atoms with Crippen molar-refractivity contribution in [1.82, 2.24) is 29.3 Å². The van der Waals surface area contributed by atoms with Crippen LogP contribution in [0.1, 0.15) is 49.7 Å². The van der Waals surface area contributed by atoms with Crippen LogP contribution in [0, 0.1) is 0 Å². The Morgan fingerprint density at radius 2 is 1.11 bits per heavy atom. The monoisotopic (exact) mass is 948 g/mol. The van der Waals surface area contributed by atoms with Crippen LogP contribution in [-0.2, 0) is 38.6 Å². The molecule has 0 radical (unpaired) electrons. The van der Waals surface area contributed by atoms with Gasteiger partial charge in [-0.15, -0.1) is 0 Å². The van der Waals surface area contributed by atoms with Gasteiger partial charge in [0, 0.05) is 101 Å². The lowest BCUT2D eigenvalue weighted by atomic mass is 10.0. The van der Waals surface area contributed by atoms with E-state index < -0.39 is 0 Å². The van der Waals surface area contributed by atoms with Crippen molar-refractivity contribution in [1.29, 1.82) is 0 Å². The van der Waals surface area contributed by atoms with Crippen molar-refractivity contribution in [2.45, 2.75) is 82.8 Å². The Labute approximate surface area is 388 Å². The molecule has 0 aliphatic carbocycles. The largest absolute Gasteiger partial charge is 0.363 e. The summed E-state index contributed by atoms with van der Waals surface area (Å²) in [5.74, 6) is 0.865. The number of nitrogens with one attached hydrogen (secondary N) is 3. The number of piperidine rings is 2. The highest BCUT2D eigenvalue weighted by Crippen LogP contribution is 2.22. The van der Waals surface area contributed by atoms with Crippen molar-refractivity contribution in [3.8, 4) is 0 Å². The van der Waals surface area contributed by atoms with Gasteiger partial charge >= 0.3 is 0 Å². The van der Waals surface area contributed by atoms with Gasteiger partial charge in [0.2, 0.25) is 0 Å². The molecule has 14 nitrogen and oxygen atoms in total. The van der Waals surface area contributed by atoms with E-state index in [0.717, 1.165) is 89.9 Å². The minimum absolute atomic E-state index is 0.0642. The molecule has 6 aromatic rings. The fourth-order valence-electron chi connectivity index (χ4n) is 8.71. The minimum Gasteiger partial charge on any atom is -0.363 e. The first-order valence-electron chi connectivity index (χ1n) is 23.0. The summed E-state index contributed by atoms with van der Waals surface area (Å²) >= 11 is 3.30. The van der Waals surface area contributed by atoms with Crippen LogP contribution < -0.4 is 21.8 Å². The van der Waals surface area contributed by atoms with Crippen molar-refractivity contribution in [2.24, 2.45) is 0 Å². The van der Waals surface area contributed by atoms with Crippen molar-refractivity contribution in [2.75, 3.05) is 68.6 Å². The maximum Gasteiger partial charge on any atom is 0.293 e. The Kier molecular flexibility index (Phi) is 17.2. The molecule has 3 N–H and O–H groups in total. The van der Waals surface area contributed by atoms with E-state index >= 15 is 0 Å². The average molecular weight is 950 g/mol. The molecule has 15 heteroatoms. The Bertz CT molecular complexity index is 2510. The zero-order valence-corrected chi connectivity index (χ0v) is 38.6. The van der Waals surface area contributed by atoms with Gasteiger partial charge in [-0.1, -0.05) is 88.7 Å². The quantitative estimate of drug-likeness (QED) is 0.0993. The van der Waals surface area contributed by atoms with Gasteiger partial charge in [0.15, 0.2) is 24.2 Å². The number of fused-ring (bicyclic) bond motifs is 2. The lowest BCUT2D eigenvalue weighted by Gasteiger charge is -2.32. The molecule has 0 bridgehead atoms. The first-order chi connectivity index (χ1) is 32.0. The Hall–Kier alpha value is -5.00. The van der Waals surface area contributed by atoms with Crippen LogP contribution >= 0.6 is 15.9 Å². The minimum atomic E-state index is -0.210. The van der Waals surface area contributed by atoms with Gasteiger partial charge < -0.3 is 39.1 Å². The smallest absolute Gasteiger partial charge is 0.293 e. The molecule has 65 heavy (non-hydrogen) atoms. The van der Waals surface area contributed by atoms with Gasteiger partial charge in [-0.2, -0.15) is 0 Å². The standard InChI is InChI=1S/C25H30N4O3.C20H22N4O.C5H9BrO2/c30-25-24(26-10-14-29(25)13-9-23-31-15-16-32-23)27-22-7-11-28(12-8-22)18-19-5-6-20-3-1-2-4-21(20)17-19;25-20-19(21-9-10-22-20)23-18-7-11-24(12-8-18)14-15-5-6-16-3-1-2-4-17(16)13-15;6-2-1-5-7-3-4-8-5/h1-6,10,14,17,22-23H,7-9,11-13,15-16,18H2,(H,26,27);1-6,9-10,13,18H,7-8,11-12,14H2,(H,21,23)(H,22,25);5H,1-4H2. The number of halogens is 1. The number of aromatic nitrogens is 4. The molecule has 2 aromatic heterocycles. The van der Waals surface area contributed by atoms with Crippen molar-refractivity contribution >= 4 is 49.1 Å². The van der Waals surface area contributed by atoms with E-state index in [9.17, 15) is 9.59 Å². The van der Waals surface area contributed by atoms with Gasteiger partial charge in [0.05, 0.1) is 26.4 Å². The lowest BCUT2D eigenvalue weighted by molar-refractivity contribution is -0.0492. The number of ether oxygens (including phenoxy) is 4. The number of rotatable bonds is 13. The summed E-state index contributed by atoms with van der Waals surface area (Å²) in [6, 6.07) is 31.0. The van der Waals surface area contributed by atoms with Gasteiger partial charge in [-0.25, -0.2) is 9.97 Å². The molecule has 4 fully saturated rings. The number of H-pyrrole nitrogens is 1. The molecule has 0 amide bonds. The first-order valence-corrected chi connectivity index (χ1v) is 24.1. The van der Waals surface area contributed by atoms with E-state index in [0.29, 0.717) is 43.9 Å². The molecule has 10 rings (SSSR count). The second kappa shape index (κ2) is 24.0. The lowest BCUT2D eigenvalue weighted by Crippen LogP contribution is -2.40. The van der Waals surface area contributed by atoms with Crippen LogP contribution in [0.25, 0.3) is 21.5 Å². The number of anilines is 2. The maximum atomic E-state index is 12.8. The van der Waals surface area contributed by atoms with Crippen molar-refractivity contribution in [3.63, 3.8) is 0 Å². The molecule has 4 aromatic carbocycles. The predicted octanol–water partition coefficient (Wildman–Crippen LogP) is 7.38. The van der Waals surface area contributed by atoms with Crippen LogP contribution in [0.4, 0.5) is 11.6 Å². The van der Waals surface area contributed by atoms with E-state index in [1.54, 1.807) is 29.4 Å². The summed E-state index contributed by atoms with van der Waals surface area (Å²) in [7, 11) is 0. The highest BCUT2D eigenvalue weighted by Gasteiger charge is 2.23. The molecule has 0 saturated carbocycles. The fourth-order valence-corrected chi connectivity index (χ4v) is 9.08. The maximum absolute atomic E-state index is 12.8. The summed E-state index contributed by atoms with van der Waals surface area (Å²) < 4.78 is 22.9. The van der Waals surface area contributed by atoms with Gasteiger partial charge in [-0.05, 0) is 70.5 Å². The third kappa shape index (κ3) is 13.8. The molecular weight excluding hydrogens is 889 g/mol. The summed E-state index contributed by atoms with van der Waals surface area (Å²) in [5.41, 5.74) is 2.47. The molecule has 4 aliphatic heterocycles. The number of benzene rings is 4.